The maximum atomic E-state index is 5.65. The SMILES string of the molecule is CCNC1CCCC1c1nc(C2SCCSC2CC)no1. The van der Waals surface area contributed by atoms with E-state index in [1.807, 2.05) is 11.8 Å². The largest absolute Gasteiger partial charge is 0.339 e. The predicted molar refractivity (Wildman–Crippen MR) is 90.1 cm³/mol. The molecular weight excluding hydrogens is 302 g/mol. The quantitative estimate of drug-likeness (QED) is 0.891. The van der Waals surface area contributed by atoms with Crippen molar-refractivity contribution in [2.24, 2.45) is 0 Å². The molecule has 1 N–H and O–H groups in total. The molecule has 0 radical (unpaired) electrons. The van der Waals surface area contributed by atoms with Crippen LogP contribution in [0.4, 0.5) is 0 Å². The van der Waals surface area contributed by atoms with Gasteiger partial charge in [0.2, 0.25) is 5.89 Å². The molecule has 1 saturated carbocycles. The first-order valence-electron chi connectivity index (χ1n) is 8.13. The van der Waals surface area contributed by atoms with Crippen molar-refractivity contribution in [2.75, 3.05) is 18.1 Å². The van der Waals surface area contributed by atoms with Gasteiger partial charge in [-0.1, -0.05) is 25.4 Å². The molecule has 3 rings (SSSR count). The second kappa shape index (κ2) is 7.38. The summed E-state index contributed by atoms with van der Waals surface area (Å²) in [6, 6.07) is 0.513. The molecule has 1 aliphatic carbocycles. The van der Waals surface area contributed by atoms with Crippen LogP contribution in [0.1, 0.15) is 62.4 Å². The summed E-state index contributed by atoms with van der Waals surface area (Å²) >= 11 is 4.06. The summed E-state index contributed by atoms with van der Waals surface area (Å²) in [4.78, 5) is 4.79. The molecule has 0 bridgehead atoms. The Balaban J connectivity index is 1.73. The Morgan fingerprint density at radius 1 is 1.24 bits per heavy atom. The van der Waals surface area contributed by atoms with Gasteiger partial charge in [-0.25, -0.2) is 0 Å². The van der Waals surface area contributed by atoms with Crippen molar-refractivity contribution < 1.29 is 4.52 Å². The fourth-order valence-electron chi connectivity index (χ4n) is 3.42. The van der Waals surface area contributed by atoms with Crippen LogP contribution in [-0.2, 0) is 0 Å². The number of hydrogen-bond acceptors (Lipinski definition) is 6. The van der Waals surface area contributed by atoms with Crippen molar-refractivity contribution in [1.82, 2.24) is 15.5 Å². The first kappa shape index (κ1) is 15.7. The van der Waals surface area contributed by atoms with Gasteiger partial charge in [0.25, 0.3) is 0 Å². The van der Waals surface area contributed by atoms with E-state index in [-0.39, 0.29) is 0 Å². The molecule has 0 amide bonds. The number of thioether (sulfide) groups is 2. The smallest absolute Gasteiger partial charge is 0.231 e. The lowest BCUT2D eigenvalue weighted by atomic mass is 10.0. The van der Waals surface area contributed by atoms with Crippen LogP contribution < -0.4 is 5.32 Å². The highest BCUT2D eigenvalue weighted by molar-refractivity contribution is 8.06. The van der Waals surface area contributed by atoms with Crippen molar-refractivity contribution >= 4 is 23.5 Å². The lowest BCUT2D eigenvalue weighted by Gasteiger charge is -2.27. The molecule has 1 saturated heterocycles. The molecule has 2 fully saturated rings. The van der Waals surface area contributed by atoms with Gasteiger partial charge in [0.1, 0.15) is 0 Å². The standard InChI is InChI=1S/C15H25N3OS2/c1-3-12-13(21-9-8-20-12)14-17-15(19-18-14)10-6-5-7-11(10)16-4-2/h10-13,16H,3-9H2,1-2H3. The highest BCUT2D eigenvalue weighted by Crippen LogP contribution is 2.43. The van der Waals surface area contributed by atoms with Crippen LogP contribution in [0.5, 0.6) is 0 Å². The minimum atomic E-state index is 0.408. The Hall–Kier alpha value is -0.200. The van der Waals surface area contributed by atoms with Gasteiger partial charge in [0, 0.05) is 22.8 Å². The van der Waals surface area contributed by atoms with Crippen molar-refractivity contribution in [3.05, 3.63) is 11.7 Å². The molecule has 1 aliphatic heterocycles. The molecule has 1 aromatic rings. The maximum absolute atomic E-state index is 5.65. The van der Waals surface area contributed by atoms with Gasteiger partial charge in [-0.3, -0.25) is 0 Å². The van der Waals surface area contributed by atoms with Crippen LogP contribution in [-0.4, -0.2) is 39.5 Å². The van der Waals surface area contributed by atoms with Gasteiger partial charge in [0.05, 0.1) is 11.2 Å². The highest BCUT2D eigenvalue weighted by atomic mass is 32.2. The number of rotatable bonds is 5. The first-order chi connectivity index (χ1) is 10.3. The zero-order valence-electron chi connectivity index (χ0n) is 12.9. The summed E-state index contributed by atoms with van der Waals surface area (Å²) in [5.41, 5.74) is 0. The minimum Gasteiger partial charge on any atom is -0.339 e. The summed E-state index contributed by atoms with van der Waals surface area (Å²) in [5.74, 6) is 4.64. The van der Waals surface area contributed by atoms with Crippen molar-refractivity contribution in [3.8, 4) is 0 Å². The van der Waals surface area contributed by atoms with Crippen molar-refractivity contribution in [2.45, 2.75) is 62.0 Å². The highest BCUT2D eigenvalue weighted by Gasteiger charge is 2.35. The van der Waals surface area contributed by atoms with Crippen LogP contribution in [0.2, 0.25) is 0 Å². The predicted octanol–water partition coefficient (Wildman–Crippen LogP) is 3.61. The summed E-state index contributed by atoms with van der Waals surface area (Å²) in [6.07, 6.45) is 4.83. The number of aromatic nitrogens is 2. The van der Waals surface area contributed by atoms with Crippen molar-refractivity contribution in [1.29, 1.82) is 0 Å². The summed E-state index contributed by atoms with van der Waals surface area (Å²) < 4.78 is 5.65. The molecule has 0 spiro atoms. The van der Waals surface area contributed by atoms with Gasteiger partial charge in [-0.15, -0.1) is 11.8 Å². The fraction of sp³-hybridized carbons (Fsp3) is 0.867. The van der Waals surface area contributed by atoms with Gasteiger partial charge >= 0.3 is 0 Å². The Morgan fingerprint density at radius 2 is 2.10 bits per heavy atom. The molecule has 0 aromatic carbocycles. The van der Waals surface area contributed by atoms with Crippen LogP contribution >= 0.6 is 23.5 Å². The molecular formula is C15H25N3OS2. The number of likely N-dealkylation sites (N-methyl/N-ethyl adjacent to an activating group) is 1. The van der Waals surface area contributed by atoms with E-state index in [0.717, 1.165) is 18.3 Å². The topological polar surface area (TPSA) is 51.0 Å². The van der Waals surface area contributed by atoms with E-state index in [1.165, 1.54) is 37.2 Å². The minimum absolute atomic E-state index is 0.408. The van der Waals surface area contributed by atoms with Crippen LogP contribution in [0.3, 0.4) is 0 Å². The molecule has 4 atom stereocenters. The third kappa shape index (κ3) is 3.42. The molecule has 4 nitrogen and oxygen atoms in total. The van der Waals surface area contributed by atoms with E-state index < -0.39 is 0 Å². The third-order valence-electron chi connectivity index (χ3n) is 4.46. The number of hydrogen-bond donors (Lipinski definition) is 1. The molecule has 1 aromatic heterocycles. The van der Waals surface area contributed by atoms with Gasteiger partial charge < -0.3 is 9.84 Å². The van der Waals surface area contributed by atoms with Crippen LogP contribution in [0, 0.1) is 0 Å². The van der Waals surface area contributed by atoms with Crippen molar-refractivity contribution in [3.63, 3.8) is 0 Å². The van der Waals surface area contributed by atoms with E-state index in [1.54, 1.807) is 0 Å². The molecule has 2 heterocycles. The molecule has 21 heavy (non-hydrogen) atoms. The Morgan fingerprint density at radius 3 is 2.90 bits per heavy atom. The maximum Gasteiger partial charge on any atom is 0.231 e. The zero-order valence-corrected chi connectivity index (χ0v) is 14.5. The third-order valence-corrected chi connectivity index (χ3v) is 7.71. The van der Waals surface area contributed by atoms with Gasteiger partial charge in [-0.05, 0) is 25.8 Å². The van der Waals surface area contributed by atoms with E-state index in [2.05, 4.69) is 36.1 Å². The molecule has 4 unspecified atom stereocenters. The summed E-state index contributed by atoms with van der Waals surface area (Å²) in [7, 11) is 0. The van der Waals surface area contributed by atoms with E-state index in [9.17, 15) is 0 Å². The van der Waals surface area contributed by atoms with Gasteiger partial charge in [0.15, 0.2) is 5.82 Å². The monoisotopic (exact) mass is 327 g/mol. The lowest BCUT2D eigenvalue weighted by Crippen LogP contribution is -2.31. The van der Waals surface area contributed by atoms with Gasteiger partial charge in [-0.2, -0.15) is 16.7 Å². The zero-order chi connectivity index (χ0) is 14.7. The average molecular weight is 328 g/mol. The normalized spacial score (nSPS) is 33.4. The second-order valence-corrected chi connectivity index (χ2v) is 8.40. The Kier molecular flexibility index (Phi) is 5.51. The summed E-state index contributed by atoms with van der Waals surface area (Å²) in [6.45, 7) is 5.43. The van der Waals surface area contributed by atoms with E-state index in [0.29, 0.717) is 22.5 Å². The lowest BCUT2D eigenvalue weighted by molar-refractivity contribution is 0.329. The van der Waals surface area contributed by atoms with E-state index >= 15 is 0 Å². The first-order valence-corrected chi connectivity index (χ1v) is 10.2. The van der Waals surface area contributed by atoms with Crippen LogP contribution in [0.15, 0.2) is 4.52 Å². The number of nitrogens with zero attached hydrogens (tertiary/aromatic N) is 2. The average Bonchev–Trinajstić information content (AvgIpc) is 3.16. The Bertz CT molecular complexity index is 454. The summed E-state index contributed by atoms with van der Waals surface area (Å²) in [5, 5.41) is 8.93. The molecule has 6 heteroatoms. The van der Waals surface area contributed by atoms with Crippen LogP contribution in [0.25, 0.3) is 0 Å². The second-order valence-electron chi connectivity index (χ2n) is 5.80. The molecule has 2 aliphatic rings. The molecule has 118 valence electrons. The van der Waals surface area contributed by atoms with E-state index in [4.69, 9.17) is 9.51 Å². The Labute approximate surface area is 135 Å². The fourth-order valence-corrected chi connectivity index (χ4v) is 6.40. The number of nitrogens with one attached hydrogen (secondary N) is 1.